The molecule has 6 aromatic rings. The summed E-state index contributed by atoms with van der Waals surface area (Å²) in [6.45, 7) is 0. The Balaban J connectivity index is 1.40. The normalized spacial score (nSPS) is 11.3. The Kier molecular flexibility index (Phi) is 3.67. The molecule has 0 saturated carbocycles. The van der Waals surface area contributed by atoms with Gasteiger partial charge in [-0.3, -0.25) is 0 Å². The third-order valence-electron chi connectivity index (χ3n) is 5.13. The van der Waals surface area contributed by atoms with E-state index < -0.39 is 0 Å². The standard InChI is InChI=1S/C24H16N6/c1-3-17-6-9-21(28-23(17)25-12-1)27-19-8-5-16-11-14-30(20(16)15-19)22-10-7-18-4-2-13-26-24(18)29-22/h1-15H,(H,25,27,28). The fourth-order valence-corrected chi connectivity index (χ4v) is 3.65. The number of hydrogen-bond acceptors (Lipinski definition) is 5. The maximum atomic E-state index is 4.73. The van der Waals surface area contributed by atoms with Crippen molar-refractivity contribution in [1.82, 2.24) is 24.5 Å². The van der Waals surface area contributed by atoms with Crippen LogP contribution in [0.3, 0.4) is 0 Å². The zero-order valence-electron chi connectivity index (χ0n) is 15.9. The van der Waals surface area contributed by atoms with Gasteiger partial charge in [-0.1, -0.05) is 6.07 Å². The summed E-state index contributed by atoms with van der Waals surface area (Å²) < 4.78 is 2.07. The van der Waals surface area contributed by atoms with E-state index in [2.05, 4.69) is 43.0 Å². The maximum Gasteiger partial charge on any atom is 0.161 e. The highest BCUT2D eigenvalue weighted by Crippen LogP contribution is 2.26. The van der Waals surface area contributed by atoms with Gasteiger partial charge in [0, 0.05) is 40.4 Å². The van der Waals surface area contributed by atoms with Crippen LogP contribution in [0.4, 0.5) is 11.5 Å². The van der Waals surface area contributed by atoms with Gasteiger partial charge in [0.05, 0.1) is 5.52 Å². The van der Waals surface area contributed by atoms with E-state index in [-0.39, 0.29) is 0 Å². The first-order valence-corrected chi connectivity index (χ1v) is 9.66. The van der Waals surface area contributed by atoms with Crippen LogP contribution in [0.25, 0.3) is 38.8 Å². The van der Waals surface area contributed by atoms with Crippen LogP contribution in [-0.4, -0.2) is 24.5 Å². The fraction of sp³-hybridized carbons (Fsp3) is 0. The molecule has 6 nitrogen and oxygen atoms in total. The van der Waals surface area contributed by atoms with E-state index in [0.29, 0.717) is 0 Å². The lowest BCUT2D eigenvalue weighted by atomic mass is 10.2. The number of nitrogens with one attached hydrogen (secondary N) is 1. The molecule has 5 aromatic heterocycles. The van der Waals surface area contributed by atoms with Crippen LogP contribution in [-0.2, 0) is 0 Å². The number of pyridine rings is 4. The Labute approximate surface area is 171 Å². The van der Waals surface area contributed by atoms with Crippen LogP contribution < -0.4 is 5.32 Å². The first kappa shape index (κ1) is 16.6. The summed E-state index contributed by atoms with van der Waals surface area (Å²) in [7, 11) is 0. The summed E-state index contributed by atoms with van der Waals surface area (Å²) in [5.74, 6) is 1.59. The molecular weight excluding hydrogens is 372 g/mol. The van der Waals surface area contributed by atoms with Crippen molar-refractivity contribution in [2.75, 3.05) is 5.32 Å². The predicted molar refractivity (Wildman–Crippen MR) is 119 cm³/mol. The Morgan fingerprint density at radius 3 is 2.23 bits per heavy atom. The Bertz CT molecular complexity index is 1540. The van der Waals surface area contributed by atoms with Crippen LogP contribution in [0.15, 0.2) is 91.4 Å². The van der Waals surface area contributed by atoms with E-state index in [4.69, 9.17) is 4.98 Å². The van der Waals surface area contributed by atoms with Gasteiger partial charge in [-0.15, -0.1) is 0 Å². The van der Waals surface area contributed by atoms with Gasteiger partial charge < -0.3 is 9.88 Å². The molecular formula is C24H16N6. The second-order valence-electron chi connectivity index (χ2n) is 7.05. The molecule has 1 aromatic carbocycles. The SMILES string of the molecule is c1cnc2nc(Nc3ccc4ccn(-c5ccc6cccnc6n5)c4c3)ccc2c1. The molecule has 0 atom stereocenters. The maximum absolute atomic E-state index is 4.73. The van der Waals surface area contributed by atoms with Gasteiger partial charge in [-0.05, 0) is 66.7 Å². The molecule has 5 heterocycles. The van der Waals surface area contributed by atoms with Crippen LogP contribution in [0.5, 0.6) is 0 Å². The molecule has 0 aliphatic carbocycles. The third-order valence-corrected chi connectivity index (χ3v) is 5.13. The number of hydrogen-bond donors (Lipinski definition) is 1. The van der Waals surface area contributed by atoms with Crippen molar-refractivity contribution in [3.8, 4) is 5.82 Å². The van der Waals surface area contributed by atoms with Crippen LogP contribution >= 0.6 is 0 Å². The minimum absolute atomic E-state index is 0.722. The molecule has 6 rings (SSSR count). The molecule has 142 valence electrons. The summed E-state index contributed by atoms with van der Waals surface area (Å²) in [6, 6.07) is 24.2. The first-order chi connectivity index (χ1) is 14.8. The molecule has 0 spiro atoms. The van der Waals surface area contributed by atoms with E-state index in [1.807, 2.05) is 60.8 Å². The summed E-state index contributed by atoms with van der Waals surface area (Å²) >= 11 is 0. The van der Waals surface area contributed by atoms with Crippen molar-refractivity contribution in [2.24, 2.45) is 0 Å². The molecule has 0 amide bonds. The Morgan fingerprint density at radius 1 is 0.667 bits per heavy atom. The molecule has 0 fully saturated rings. The summed E-state index contributed by atoms with van der Waals surface area (Å²) in [4.78, 5) is 18.0. The zero-order chi connectivity index (χ0) is 19.9. The highest BCUT2D eigenvalue weighted by molar-refractivity contribution is 5.86. The van der Waals surface area contributed by atoms with Crippen molar-refractivity contribution >= 4 is 44.5 Å². The van der Waals surface area contributed by atoms with Crippen LogP contribution in [0.1, 0.15) is 0 Å². The van der Waals surface area contributed by atoms with E-state index in [1.165, 1.54) is 0 Å². The second kappa shape index (κ2) is 6.63. The smallest absolute Gasteiger partial charge is 0.161 e. The molecule has 0 aliphatic rings. The van der Waals surface area contributed by atoms with Gasteiger partial charge in [0.25, 0.3) is 0 Å². The lowest BCUT2D eigenvalue weighted by Gasteiger charge is -2.09. The zero-order valence-corrected chi connectivity index (χ0v) is 15.9. The minimum Gasteiger partial charge on any atom is -0.340 e. The quantitative estimate of drug-likeness (QED) is 0.448. The van der Waals surface area contributed by atoms with Gasteiger partial charge >= 0.3 is 0 Å². The van der Waals surface area contributed by atoms with Gasteiger partial charge in [-0.25, -0.2) is 19.9 Å². The summed E-state index contributed by atoms with van der Waals surface area (Å²) in [5.41, 5.74) is 3.46. The van der Waals surface area contributed by atoms with Gasteiger partial charge in [-0.2, -0.15) is 0 Å². The predicted octanol–water partition coefficient (Wildman–Crippen LogP) is 5.26. The van der Waals surface area contributed by atoms with E-state index in [1.54, 1.807) is 12.4 Å². The third kappa shape index (κ3) is 2.82. The average Bonchev–Trinajstić information content (AvgIpc) is 3.22. The molecule has 0 aliphatic heterocycles. The molecule has 30 heavy (non-hydrogen) atoms. The highest BCUT2D eigenvalue weighted by Gasteiger charge is 2.08. The van der Waals surface area contributed by atoms with Crippen molar-refractivity contribution in [2.45, 2.75) is 0 Å². The van der Waals surface area contributed by atoms with Gasteiger partial charge in [0.15, 0.2) is 11.3 Å². The van der Waals surface area contributed by atoms with E-state index in [0.717, 1.165) is 50.3 Å². The van der Waals surface area contributed by atoms with E-state index in [9.17, 15) is 0 Å². The largest absolute Gasteiger partial charge is 0.340 e. The minimum atomic E-state index is 0.722. The van der Waals surface area contributed by atoms with Crippen molar-refractivity contribution in [1.29, 1.82) is 0 Å². The van der Waals surface area contributed by atoms with Crippen molar-refractivity contribution < 1.29 is 0 Å². The molecule has 0 unspecified atom stereocenters. The Hall–Kier alpha value is -4.32. The number of benzene rings is 1. The summed E-state index contributed by atoms with van der Waals surface area (Å²) in [5, 5.41) is 6.57. The molecule has 0 saturated heterocycles. The lowest BCUT2D eigenvalue weighted by Crippen LogP contribution is -1.98. The average molecular weight is 388 g/mol. The number of anilines is 2. The first-order valence-electron chi connectivity index (χ1n) is 9.66. The lowest BCUT2D eigenvalue weighted by molar-refractivity contribution is 1.05. The van der Waals surface area contributed by atoms with Gasteiger partial charge in [0.1, 0.15) is 11.6 Å². The summed E-state index contributed by atoms with van der Waals surface area (Å²) in [6.07, 6.45) is 5.55. The topological polar surface area (TPSA) is 68.5 Å². The number of rotatable bonds is 3. The highest BCUT2D eigenvalue weighted by atomic mass is 15.1. The van der Waals surface area contributed by atoms with Crippen molar-refractivity contribution in [3.63, 3.8) is 0 Å². The fourth-order valence-electron chi connectivity index (χ4n) is 3.65. The second-order valence-corrected chi connectivity index (χ2v) is 7.05. The van der Waals surface area contributed by atoms with E-state index >= 15 is 0 Å². The molecule has 0 bridgehead atoms. The number of nitrogens with zero attached hydrogens (tertiary/aromatic N) is 5. The molecule has 1 N–H and O–H groups in total. The monoisotopic (exact) mass is 388 g/mol. The number of fused-ring (bicyclic) bond motifs is 3. The molecule has 0 radical (unpaired) electrons. The molecule has 6 heteroatoms. The number of aromatic nitrogens is 5. The van der Waals surface area contributed by atoms with Gasteiger partial charge in [0.2, 0.25) is 0 Å². The van der Waals surface area contributed by atoms with Crippen molar-refractivity contribution in [3.05, 3.63) is 91.4 Å². The Morgan fingerprint density at radius 2 is 1.40 bits per heavy atom. The van der Waals surface area contributed by atoms with Crippen LogP contribution in [0, 0.1) is 0 Å². The van der Waals surface area contributed by atoms with Crippen LogP contribution in [0.2, 0.25) is 0 Å².